The average molecular weight is 262 g/mol. The first-order valence-electron chi connectivity index (χ1n) is 5.44. The molecular weight excluding hydrogens is 250 g/mol. The van der Waals surface area contributed by atoms with Gasteiger partial charge in [0.2, 0.25) is 0 Å². The molecule has 0 spiro atoms. The first-order valence-corrected chi connectivity index (χ1v) is 5.82. The number of amides is 1. The van der Waals surface area contributed by atoms with Crippen LogP contribution in [0.3, 0.4) is 0 Å². The van der Waals surface area contributed by atoms with Gasteiger partial charge in [-0.15, -0.1) is 0 Å². The lowest BCUT2D eigenvalue weighted by Gasteiger charge is -2.08. The number of benzene rings is 1. The van der Waals surface area contributed by atoms with E-state index in [9.17, 15) is 4.79 Å². The molecule has 0 saturated carbocycles. The molecule has 1 aromatic carbocycles. The number of halogens is 1. The monoisotopic (exact) mass is 261 g/mol. The van der Waals surface area contributed by atoms with Crippen molar-refractivity contribution in [3.8, 4) is 0 Å². The maximum Gasteiger partial charge on any atom is 0.259 e. The van der Waals surface area contributed by atoms with Crippen molar-refractivity contribution in [2.24, 2.45) is 0 Å². The molecule has 1 amide bonds. The summed E-state index contributed by atoms with van der Waals surface area (Å²) in [7, 11) is 0. The Kier molecular flexibility index (Phi) is 3.58. The molecule has 2 aromatic rings. The van der Waals surface area contributed by atoms with Crippen LogP contribution in [0.5, 0.6) is 0 Å². The number of para-hydroxylation sites is 1. The SMILES string of the molecule is Cc1ncc(C(=O)Nc2ccccc2Cl)c(C)n1. The molecular formula is C13H12ClN3O. The molecule has 0 aliphatic heterocycles. The number of anilines is 1. The molecule has 92 valence electrons. The van der Waals surface area contributed by atoms with Gasteiger partial charge in [0.05, 0.1) is 22.0 Å². The molecule has 1 N–H and O–H groups in total. The Morgan fingerprint density at radius 3 is 2.67 bits per heavy atom. The Morgan fingerprint density at radius 1 is 1.28 bits per heavy atom. The Labute approximate surface area is 110 Å². The minimum absolute atomic E-state index is 0.263. The van der Waals surface area contributed by atoms with Crippen LogP contribution in [0.4, 0.5) is 5.69 Å². The zero-order chi connectivity index (χ0) is 13.1. The van der Waals surface area contributed by atoms with Gasteiger partial charge in [0.1, 0.15) is 5.82 Å². The van der Waals surface area contributed by atoms with Crippen LogP contribution in [0.2, 0.25) is 5.02 Å². The number of nitrogens with zero attached hydrogens (tertiary/aromatic N) is 2. The summed E-state index contributed by atoms with van der Waals surface area (Å²) < 4.78 is 0. The lowest BCUT2D eigenvalue weighted by Crippen LogP contribution is -2.15. The van der Waals surface area contributed by atoms with Crippen molar-refractivity contribution in [1.29, 1.82) is 0 Å². The molecule has 0 bridgehead atoms. The van der Waals surface area contributed by atoms with Crippen LogP contribution >= 0.6 is 11.6 Å². The Balaban J connectivity index is 2.25. The highest BCUT2D eigenvalue weighted by Gasteiger charge is 2.12. The van der Waals surface area contributed by atoms with Gasteiger partial charge in [0, 0.05) is 6.20 Å². The van der Waals surface area contributed by atoms with E-state index in [1.807, 2.05) is 0 Å². The lowest BCUT2D eigenvalue weighted by atomic mass is 10.2. The van der Waals surface area contributed by atoms with Crippen LogP contribution in [-0.2, 0) is 0 Å². The van der Waals surface area contributed by atoms with Crippen LogP contribution in [0.25, 0.3) is 0 Å². The van der Waals surface area contributed by atoms with Gasteiger partial charge >= 0.3 is 0 Å². The van der Waals surface area contributed by atoms with E-state index in [4.69, 9.17) is 11.6 Å². The minimum Gasteiger partial charge on any atom is -0.321 e. The van der Waals surface area contributed by atoms with E-state index in [1.54, 1.807) is 38.1 Å². The second kappa shape index (κ2) is 5.14. The standard InChI is InChI=1S/C13H12ClN3O/c1-8-10(7-15-9(2)16-8)13(18)17-12-6-4-3-5-11(12)14/h3-7H,1-2H3,(H,17,18). The zero-order valence-electron chi connectivity index (χ0n) is 10.1. The molecule has 0 fully saturated rings. The van der Waals surface area contributed by atoms with E-state index in [1.165, 1.54) is 6.20 Å². The van der Waals surface area contributed by atoms with Crippen LogP contribution in [-0.4, -0.2) is 15.9 Å². The number of nitrogens with one attached hydrogen (secondary N) is 1. The predicted molar refractivity (Wildman–Crippen MR) is 70.9 cm³/mol. The molecule has 1 aromatic heterocycles. The molecule has 2 rings (SSSR count). The number of hydrogen-bond donors (Lipinski definition) is 1. The van der Waals surface area contributed by atoms with Crippen LogP contribution in [0.1, 0.15) is 21.9 Å². The van der Waals surface area contributed by atoms with E-state index in [0.717, 1.165) is 0 Å². The molecule has 5 heteroatoms. The third-order valence-corrected chi connectivity index (χ3v) is 2.80. The highest BCUT2D eigenvalue weighted by Crippen LogP contribution is 2.21. The first kappa shape index (κ1) is 12.5. The van der Waals surface area contributed by atoms with Gasteiger partial charge < -0.3 is 5.32 Å². The number of aryl methyl sites for hydroxylation is 2. The third-order valence-electron chi connectivity index (χ3n) is 2.47. The predicted octanol–water partition coefficient (Wildman–Crippen LogP) is 3.00. The maximum atomic E-state index is 12.0. The summed E-state index contributed by atoms with van der Waals surface area (Å²) in [6.45, 7) is 3.55. The second-order valence-electron chi connectivity index (χ2n) is 3.85. The maximum absolute atomic E-state index is 12.0. The molecule has 0 saturated heterocycles. The summed E-state index contributed by atoms with van der Waals surface area (Å²) in [5.74, 6) is 0.377. The van der Waals surface area contributed by atoms with Crippen molar-refractivity contribution in [2.75, 3.05) is 5.32 Å². The summed E-state index contributed by atoms with van der Waals surface area (Å²) in [4.78, 5) is 20.2. The number of carbonyl (C=O) groups excluding carboxylic acids is 1. The average Bonchev–Trinajstić information content (AvgIpc) is 2.32. The summed E-state index contributed by atoms with van der Waals surface area (Å²) in [5.41, 5.74) is 1.66. The van der Waals surface area contributed by atoms with Crippen molar-refractivity contribution in [1.82, 2.24) is 9.97 Å². The van der Waals surface area contributed by atoms with Crippen molar-refractivity contribution in [3.05, 3.63) is 52.6 Å². The fraction of sp³-hybridized carbons (Fsp3) is 0.154. The first-order chi connectivity index (χ1) is 8.58. The largest absolute Gasteiger partial charge is 0.321 e. The van der Waals surface area contributed by atoms with Gasteiger partial charge in [0.25, 0.3) is 5.91 Å². The number of hydrogen-bond acceptors (Lipinski definition) is 3. The van der Waals surface area contributed by atoms with E-state index >= 15 is 0 Å². The van der Waals surface area contributed by atoms with Gasteiger partial charge in [-0.1, -0.05) is 23.7 Å². The summed E-state index contributed by atoms with van der Waals surface area (Å²) in [5, 5.41) is 3.23. The van der Waals surface area contributed by atoms with Crippen LogP contribution in [0.15, 0.2) is 30.5 Å². The highest BCUT2D eigenvalue weighted by molar-refractivity contribution is 6.33. The lowest BCUT2D eigenvalue weighted by molar-refractivity contribution is 0.102. The van der Waals surface area contributed by atoms with Crippen molar-refractivity contribution >= 4 is 23.2 Å². The summed E-state index contributed by atoms with van der Waals surface area (Å²) in [6, 6.07) is 7.07. The molecule has 0 unspecified atom stereocenters. The molecule has 0 radical (unpaired) electrons. The van der Waals surface area contributed by atoms with Gasteiger partial charge in [-0.2, -0.15) is 0 Å². The normalized spacial score (nSPS) is 10.2. The molecule has 0 aliphatic carbocycles. The molecule has 4 nitrogen and oxygen atoms in total. The topological polar surface area (TPSA) is 54.9 Å². The molecule has 18 heavy (non-hydrogen) atoms. The Hall–Kier alpha value is -1.94. The quantitative estimate of drug-likeness (QED) is 0.904. The minimum atomic E-state index is -0.263. The fourth-order valence-corrected chi connectivity index (χ4v) is 1.74. The van der Waals surface area contributed by atoms with Crippen LogP contribution < -0.4 is 5.32 Å². The van der Waals surface area contributed by atoms with Crippen molar-refractivity contribution in [3.63, 3.8) is 0 Å². The number of carbonyl (C=O) groups is 1. The zero-order valence-corrected chi connectivity index (χ0v) is 10.8. The summed E-state index contributed by atoms with van der Waals surface area (Å²) >= 11 is 5.97. The van der Waals surface area contributed by atoms with Gasteiger partial charge in [0.15, 0.2) is 0 Å². The Morgan fingerprint density at radius 2 is 2.00 bits per heavy atom. The van der Waals surface area contributed by atoms with E-state index in [-0.39, 0.29) is 5.91 Å². The number of aromatic nitrogens is 2. The van der Waals surface area contributed by atoms with E-state index in [0.29, 0.717) is 27.8 Å². The fourth-order valence-electron chi connectivity index (χ4n) is 1.56. The van der Waals surface area contributed by atoms with Crippen molar-refractivity contribution < 1.29 is 4.79 Å². The smallest absolute Gasteiger partial charge is 0.259 e. The summed E-state index contributed by atoms with van der Waals surface area (Å²) in [6.07, 6.45) is 1.52. The molecule has 0 aliphatic rings. The second-order valence-corrected chi connectivity index (χ2v) is 4.26. The van der Waals surface area contributed by atoms with Crippen LogP contribution in [0, 0.1) is 13.8 Å². The van der Waals surface area contributed by atoms with Gasteiger partial charge in [-0.25, -0.2) is 9.97 Å². The Bertz CT molecular complexity index is 599. The highest BCUT2D eigenvalue weighted by atomic mass is 35.5. The van der Waals surface area contributed by atoms with Gasteiger partial charge in [-0.05, 0) is 26.0 Å². The van der Waals surface area contributed by atoms with E-state index in [2.05, 4.69) is 15.3 Å². The molecule has 1 heterocycles. The molecule has 0 atom stereocenters. The van der Waals surface area contributed by atoms with E-state index < -0.39 is 0 Å². The number of rotatable bonds is 2. The third kappa shape index (κ3) is 2.65. The van der Waals surface area contributed by atoms with Crippen molar-refractivity contribution in [2.45, 2.75) is 13.8 Å². The van der Waals surface area contributed by atoms with Gasteiger partial charge in [-0.3, -0.25) is 4.79 Å².